The van der Waals surface area contributed by atoms with E-state index in [1.54, 1.807) is 12.3 Å². The quantitative estimate of drug-likeness (QED) is 0.654. The van der Waals surface area contributed by atoms with E-state index in [0.29, 0.717) is 11.4 Å². The molecule has 0 saturated carbocycles. The first-order valence-electron chi connectivity index (χ1n) is 5.41. The number of carbonyl (C=O) groups is 2. The molecule has 1 atom stereocenters. The summed E-state index contributed by atoms with van der Waals surface area (Å²) in [6.07, 6.45) is 4.72. The van der Waals surface area contributed by atoms with Gasteiger partial charge in [0.15, 0.2) is 0 Å². The number of imidazole rings is 1. The van der Waals surface area contributed by atoms with E-state index in [1.807, 2.05) is 0 Å². The Bertz CT molecular complexity index is 579. The van der Waals surface area contributed by atoms with Crippen LogP contribution in [0.15, 0.2) is 29.3 Å². The van der Waals surface area contributed by atoms with Crippen LogP contribution in [0, 0.1) is 0 Å². The average Bonchev–Trinajstić information content (AvgIpc) is 2.99. The Morgan fingerprint density at radius 3 is 2.79 bits per heavy atom. The third-order valence-corrected chi connectivity index (χ3v) is 2.93. The van der Waals surface area contributed by atoms with Crippen LogP contribution in [0.25, 0.3) is 0 Å². The molecule has 1 amide bonds. The van der Waals surface area contributed by atoms with E-state index >= 15 is 0 Å². The summed E-state index contributed by atoms with van der Waals surface area (Å²) in [7, 11) is 0. The van der Waals surface area contributed by atoms with Crippen molar-refractivity contribution in [2.24, 2.45) is 0 Å². The summed E-state index contributed by atoms with van der Waals surface area (Å²) in [5.74, 6) is -1.58. The van der Waals surface area contributed by atoms with Crippen molar-refractivity contribution in [3.8, 4) is 0 Å². The molecule has 8 heteroatoms. The van der Waals surface area contributed by atoms with Crippen molar-refractivity contribution in [1.29, 1.82) is 0 Å². The first-order chi connectivity index (χ1) is 9.06. The lowest BCUT2D eigenvalue weighted by atomic mass is 10.1. The monoisotopic (exact) mass is 326 g/mol. The van der Waals surface area contributed by atoms with Crippen molar-refractivity contribution in [3.63, 3.8) is 0 Å². The molecule has 2 heterocycles. The Morgan fingerprint density at radius 1 is 1.47 bits per heavy atom. The molecule has 0 aliphatic rings. The van der Waals surface area contributed by atoms with Gasteiger partial charge in [-0.25, -0.2) is 9.78 Å². The second-order valence-electron chi connectivity index (χ2n) is 3.88. The average molecular weight is 327 g/mol. The van der Waals surface area contributed by atoms with Crippen molar-refractivity contribution < 1.29 is 14.7 Å². The smallest absolute Gasteiger partial charge is 0.326 e. The number of halogens is 1. The minimum atomic E-state index is -1.10. The van der Waals surface area contributed by atoms with Crippen molar-refractivity contribution in [3.05, 3.63) is 40.6 Å². The number of rotatable bonds is 5. The summed E-state index contributed by atoms with van der Waals surface area (Å²) in [5, 5.41) is 11.6. The standard InChI is InChI=1S/C11H11BrN4O3/c12-6-1-8(14-3-6)10(17)16-9(11(18)19)2-7-4-13-5-15-7/h1,3-5,9,14H,2H2,(H,13,15)(H,16,17)(H,18,19)/t9-/m1/s1. The highest BCUT2D eigenvalue weighted by Gasteiger charge is 2.22. The van der Waals surface area contributed by atoms with Crippen molar-refractivity contribution in [1.82, 2.24) is 20.3 Å². The second-order valence-corrected chi connectivity index (χ2v) is 4.79. The third kappa shape index (κ3) is 3.44. The maximum Gasteiger partial charge on any atom is 0.326 e. The fraction of sp³-hybridized carbons (Fsp3) is 0.182. The predicted molar refractivity (Wildman–Crippen MR) is 69.7 cm³/mol. The van der Waals surface area contributed by atoms with E-state index in [1.165, 1.54) is 12.5 Å². The molecule has 4 N–H and O–H groups in total. The van der Waals surface area contributed by atoms with Gasteiger partial charge in [0.25, 0.3) is 5.91 Å². The van der Waals surface area contributed by atoms with Gasteiger partial charge in [0, 0.05) is 29.0 Å². The lowest BCUT2D eigenvalue weighted by Gasteiger charge is -2.12. The number of carbonyl (C=O) groups excluding carboxylic acids is 1. The maximum absolute atomic E-state index is 11.8. The van der Waals surface area contributed by atoms with E-state index in [0.717, 1.165) is 4.47 Å². The Labute approximate surface area is 116 Å². The van der Waals surface area contributed by atoms with Gasteiger partial charge in [0.05, 0.1) is 6.33 Å². The summed E-state index contributed by atoms with van der Waals surface area (Å²) in [5.41, 5.74) is 0.933. The Balaban J connectivity index is 2.04. The first-order valence-corrected chi connectivity index (χ1v) is 6.20. The molecule has 0 aliphatic heterocycles. The molecular weight excluding hydrogens is 316 g/mol. The lowest BCUT2D eigenvalue weighted by molar-refractivity contribution is -0.139. The van der Waals surface area contributed by atoms with Gasteiger partial charge >= 0.3 is 5.97 Å². The Hall–Kier alpha value is -2.09. The van der Waals surface area contributed by atoms with Crippen LogP contribution in [-0.4, -0.2) is 38.0 Å². The van der Waals surface area contributed by atoms with E-state index in [9.17, 15) is 9.59 Å². The predicted octanol–water partition coefficient (Wildman–Crippen LogP) is 0.926. The van der Waals surface area contributed by atoms with Gasteiger partial charge in [-0.15, -0.1) is 0 Å². The van der Waals surface area contributed by atoms with Crippen molar-refractivity contribution in [2.75, 3.05) is 0 Å². The molecule has 2 aromatic heterocycles. The number of aromatic amines is 2. The number of hydrogen-bond donors (Lipinski definition) is 4. The largest absolute Gasteiger partial charge is 0.480 e. The van der Waals surface area contributed by atoms with Crippen molar-refractivity contribution >= 4 is 27.8 Å². The summed E-state index contributed by atoms with van der Waals surface area (Å²) in [6.45, 7) is 0. The van der Waals surface area contributed by atoms with Crippen LogP contribution in [0.4, 0.5) is 0 Å². The molecule has 0 aromatic carbocycles. The normalized spacial score (nSPS) is 12.1. The summed E-state index contributed by atoms with van der Waals surface area (Å²) in [4.78, 5) is 32.3. The minimum Gasteiger partial charge on any atom is -0.480 e. The highest BCUT2D eigenvalue weighted by Crippen LogP contribution is 2.10. The van der Waals surface area contributed by atoms with Crippen LogP contribution in [0.3, 0.4) is 0 Å². The van der Waals surface area contributed by atoms with Crippen LogP contribution in [0.2, 0.25) is 0 Å². The van der Waals surface area contributed by atoms with Gasteiger partial charge < -0.3 is 20.4 Å². The fourth-order valence-corrected chi connectivity index (χ4v) is 1.89. The van der Waals surface area contributed by atoms with Crippen LogP contribution < -0.4 is 5.32 Å². The van der Waals surface area contributed by atoms with Gasteiger partial charge in [-0.05, 0) is 22.0 Å². The van der Waals surface area contributed by atoms with Crippen LogP contribution >= 0.6 is 15.9 Å². The number of aliphatic carboxylic acids is 1. The van der Waals surface area contributed by atoms with E-state index < -0.39 is 17.9 Å². The molecule has 0 bridgehead atoms. The number of hydrogen-bond acceptors (Lipinski definition) is 3. The molecule has 0 aliphatic carbocycles. The molecule has 2 aromatic rings. The van der Waals surface area contributed by atoms with Gasteiger partial charge in [-0.3, -0.25) is 4.79 Å². The first kappa shape index (κ1) is 13.3. The molecule has 2 rings (SSSR count). The highest BCUT2D eigenvalue weighted by molar-refractivity contribution is 9.10. The van der Waals surface area contributed by atoms with Gasteiger partial charge in [0.1, 0.15) is 11.7 Å². The number of nitrogens with one attached hydrogen (secondary N) is 3. The van der Waals surface area contributed by atoms with Crippen LogP contribution in [0.1, 0.15) is 16.2 Å². The highest BCUT2D eigenvalue weighted by atomic mass is 79.9. The van der Waals surface area contributed by atoms with Gasteiger partial charge in [-0.1, -0.05) is 0 Å². The topological polar surface area (TPSA) is 111 Å². The summed E-state index contributed by atoms with van der Waals surface area (Å²) >= 11 is 3.20. The van der Waals surface area contributed by atoms with E-state index in [4.69, 9.17) is 5.11 Å². The molecule has 0 spiro atoms. The zero-order valence-electron chi connectivity index (χ0n) is 9.68. The Morgan fingerprint density at radius 2 is 2.26 bits per heavy atom. The number of amides is 1. The number of carboxylic acid groups (broad SMARTS) is 1. The zero-order chi connectivity index (χ0) is 13.8. The third-order valence-electron chi connectivity index (χ3n) is 2.47. The lowest BCUT2D eigenvalue weighted by Crippen LogP contribution is -2.42. The molecule has 7 nitrogen and oxygen atoms in total. The molecule has 100 valence electrons. The molecule has 0 radical (unpaired) electrons. The molecule has 0 fully saturated rings. The molecule has 0 saturated heterocycles. The second kappa shape index (κ2) is 5.70. The number of aromatic nitrogens is 3. The van der Waals surface area contributed by atoms with Gasteiger partial charge in [-0.2, -0.15) is 0 Å². The Kier molecular flexibility index (Phi) is 4.00. The SMILES string of the molecule is O=C(N[C@H](Cc1cnc[nH]1)C(=O)O)c1cc(Br)c[nH]1. The number of H-pyrrole nitrogens is 2. The summed E-state index contributed by atoms with van der Waals surface area (Å²) in [6, 6.07) is 0.555. The summed E-state index contributed by atoms with van der Waals surface area (Å²) < 4.78 is 0.720. The molecule has 19 heavy (non-hydrogen) atoms. The van der Waals surface area contributed by atoms with E-state index in [-0.39, 0.29) is 6.42 Å². The molecule has 0 unspecified atom stereocenters. The molecular formula is C11H11BrN4O3. The van der Waals surface area contributed by atoms with Crippen LogP contribution in [0.5, 0.6) is 0 Å². The zero-order valence-corrected chi connectivity index (χ0v) is 11.3. The number of nitrogens with zero attached hydrogens (tertiary/aromatic N) is 1. The van der Waals surface area contributed by atoms with Crippen LogP contribution in [-0.2, 0) is 11.2 Å². The maximum atomic E-state index is 11.8. The minimum absolute atomic E-state index is 0.142. The van der Waals surface area contributed by atoms with Crippen molar-refractivity contribution in [2.45, 2.75) is 12.5 Å². The van der Waals surface area contributed by atoms with E-state index in [2.05, 4.69) is 36.2 Å². The fourth-order valence-electron chi connectivity index (χ4n) is 1.55. The van der Waals surface area contributed by atoms with Gasteiger partial charge in [0.2, 0.25) is 0 Å². The number of carboxylic acids is 1.